The van der Waals surface area contributed by atoms with Gasteiger partial charge in [-0.15, -0.1) is 0 Å². The van der Waals surface area contributed by atoms with Gasteiger partial charge in [0.1, 0.15) is 11.4 Å². The Kier molecular flexibility index (Phi) is 7.01. The average Bonchev–Trinajstić information content (AvgIpc) is 3.42. The molecule has 0 aromatic carbocycles. The van der Waals surface area contributed by atoms with Crippen LogP contribution in [0.1, 0.15) is 49.4 Å². The van der Waals surface area contributed by atoms with Gasteiger partial charge in [0.2, 0.25) is 11.9 Å². The number of nitrogens with zero attached hydrogens (tertiary/aromatic N) is 5. The molecule has 1 amide bonds. The fourth-order valence-corrected chi connectivity index (χ4v) is 4.14. The topological polar surface area (TPSA) is 100 Å². The van der Waals surface area contributed by atoms with Gasteiger partial charge in [-0.3, -0.25) is 9.48 Å². The Morgan fingerprint density at radius 2 is 2.15 bits per heavy atom. The summed E-state index contributed by atoms with van der Waals surface area (Å²) in [6.45, 7) is 5.06. The molecule has 2 saturated heterocycles. The zero-order valence-electron chi connectivity index (χ0n) is 18.6. The van der Waals surface area contributed by atoms with Crippen molar-refractivity contribution in [3.05, 3.63) is 23.7 Å². The summed E-state index contributed by atoms with van der Waals surface area (Å²) in [6, 6.07) is 0.247. The summed E-state index contributed by atoms with van der Waals surface area (Å²) < 4.78 is 42.3. The van der Waals surface area contributed by atoms with Crippen molar-refractivity contribution in [3.8, 4) is 0 Å². The van der Waals surface area contributed by atoms with E-state index < -0.39 is 11.7 Å². The van der Waals surface area contributed by atoms with Gasteiger partial charge >= 0.3 is 6.18 Å². The highest BCUT2D eigenvalue weighted by atomic mass is 19.4. The van der Waals surface area contributed by atoms with Gasteiger partial charge < -0.3 is 20.9 Å². The molecule has 4 rings (SSSR count). The standard InChI is InChI=1S/C21H29F3N8O/c1-14-17(13-32(30-14)15-6-8-25-11-15)28-20-27-12-16(21(22,23)24)19(29-20)26-7-4-10-31-9-3-2-5-18(31)33/h12-13,15,25H,2-11H2,1H3,(H2,26,27,28,29). The van der Waals surface area contributed by atoms with Crippen molar-refractivity contribution in [2.45, 2.75) is 51.2 Å². The van der Waals surface area contributed by atoms with Gasteiger partial charge in [0.05, 0.1) is 17.4 Å². The van der Waals surface area contributed by atoms with Crippen molar-refractivity contribution in [3.63, 3.8) is 0 Å². The van der Waals surface area contributed by atoms with Crippen molar-refractivity contribution < 1.29 is 18.0 Å². The fraction of sp³-hybridized carbons (Fsp3) is 0.619. The van der Waals surface area contributed by atoms with Crippen LogP contribution < -0.4 is 16.0 Å². The second-order valence-electron chi connectivity index (χ2n) is 8.45. The Balaban J connectivity index is 1.43. The first kappa shape index (κ1) is 23.3. The predicted molar refractivity (Wildman–Crippen MR) is 117 cm³/mol. The van der Waals surface area contributed by atoms with Crippen molar-refractivity contribution in [1.82, 2.24) is 30.0 Å². The summed E-state index contributed by atoms with van der Waals surface area (Å²) in [5, 5.41) is 13.6. The molecular weight excluding hydrogens is 437 g/mol. The third-order valence-corrected chi connectivity index (χ3v) is 5.98. The van der Waals surface area contributed by atoms with Gasteiger partial charge in [0.25, 0.3) is 0 Å². The Hall–Kier alpha value is -2.89. The molecule has 12 heteroatoms. The number of carbonyl (C=O) groups is 1. The molecule has 2 fully saturated rings. The zero-order valence-corrected chi connectivity index (χ0v) is 18.6. The molecule has 2 aromatic heterocycles. The molecule has 1 atom stereocenters. The van der Waals surface area contributed by atoms with Crippen LogP contribution in [0, 0.1) is 6.92 Å². The van der Waals surface area contributed by atoms with Crippen LogP contribution >= 0.6 is 0 Å². The van der Waals surface area contributed by atoms with Gasteiger partial charge in [-0.1, -0.05) is 0 Å². The first-order valence-corrected chi connectivity index (χ1v) is 11.3. The normalized spacial score (nSPS) is 19.2. The minimum atomic E-state index is -4.58. The SMILES string of the molecule is Cc1nn(C2CCNC2)cc1Nc1ncc(C(F)(F)F)c(NCCCN2CCCCC2=O)n1. The Labute approximate surface area is 190 Å². The average molecular weight is 467 g/mol. The fourth-order valence-electron chi connectivity index (χ4n) is 4.14. The quantitative estimate of drug-likeness (QED) is 0.514. The van der Waals surface area contributed by atoms with E-state index in [0.29, 0.717) is 37.3 Å². The van der Waals surface area contributed by atoms with E-state index in [1.807, 2.05) is 17.8 Å². The number of rotatable bonds is 8. The lowest BCUT2D eigenvalue weighted by molar-refractivity contribution is -0.137. The van der Waals surface area contributed by atoms with Gasteiger partial charge in [-0.25, -0.2) is 4.98 Å². The number of aromatic nitrogens is 4. The van der Waals surface area contributed by atoms with Crippen LogP contribution in [0.2, 0.25) is 0 Å². The van der Waals surface area contributed by atoms with Crippen LogP contribution in [0.5, 0.6) is 0 Å². The van der Waals surface area contributed by atoms with E-state index in [0.717, 1.165) is 38.5 Å². The van der Waals surface area contributed by atoms with Crippen LogP contribution in [0.3, 0.4) is 0 Å². The number of halogens is 3. The van der Waals surface area contributed by atoms with Crippen LogP contribution in [-0.4, -0.2) is 63.3 Å². The van der Waals surface area contributed by atoms with Crippen LogP contribution in [0.25, 0.3) is 0 Å². The lowest BCUT2D eigenvalue weighted by Crippen LogP contribution is -2.36. The third kappa shape index (κ3) is 5.73. The lowest BCUT2D eigenvalue weighted by atomic mass is 10.1. The maximum absolute atomic E-state index is 13.5. The largest absolute Gasteiger partial charge is 0.421 e. The molecule has 2 aliphatic heterocycles. The highest BCUT2D eigenvalue weighted by Crippen LogP contribution is 2.34. The predicted octanol–water partition coefficient (Wildman–Crippen LogP) is 3.09. The summed E-state index contributed by atoms with van der Waals surface area (Å²) >= 11 is 0. The smallest absolute Gasteiger partial charge is 0.369 e. The minimum absolute atomic E-state index is 0.0592. The van der Waals surface area contributed by atoms with Crippen molar-refractivity contribution in [1.29, 1.82) is 0 Å². The summed E-state index contributed by atoms with van der Waals surface area (Å²) in [5.74, 6) is -0.117. The number of hydrogen-bond acceptors (Lipinski definition) is 7. The maximum atomic E-state index is 13.5. The monoisotopic (exact) mass is 466 g/mol. The molecule has 0 radical (unpaired) electrons. The second kappa shape index (κ2) is 9.94. The molecule has 33 heavy (non-hydrogen) atoms. The Morgan fingerprint density at radius 1 is 1.30 bits per heavy atom. The van der Waals surface area contributed by atoms with E-state index in [2.05, 4.69) is 31.0 Å². The lowest BCUT2D eigenvalue weighted by Gasteiger charge is -2.26. The molecule has 2 aromatic rings. The Morgan fingerprint density at radius 3 is 2.88 bits per heavy atom. The van der Waals surface area contributed by atoms with E-state index in [9.17, 15) is 18.0 Å². The first-order valence-electron chi connectivity index (χ1n) is 11.3. The van der Waals surface area contributed by atoms with E-state index in [4.69, 9.17) is 0 Å². The van der Waals surface area contributed by atoms with Crippen LogP contribution in [-0.2, 0) is 11.0 Å². The molecule has 2 aliphatic rings. The van der Waals surface area contributed by atoms with E-state index in [-0.39, 0.29) is 30.3 Å². The molecule has 0 saturated carbocycles. The summed E-state index contributed by atoms with van der Waals surface area (Å²) in [6.07, 6.45) is 1.93. The van der Waals surface area contributed by atoms with Crippen molar-refractivity contribution in [2.24, 2.45) is 0 Å². The Bertz CT molecular complexity index is 971. The molecular formula is C21H29F3N8O. The number of anilines is 3. The molecule has 9 nitrogen and oxygen atoms in total. The zero-order chi connectivity index (χ0) is 23.4. The van der Waals surface area contributed by atoms with E-state index in [1.165, 1.54) is 0 Å². The number of carbonyl (C=O) groups excluding carboxylic acids is 1. The number of alkyl halides is 3. The second-order valence-corrected chi connectivity index (χ2v) is 8.45. The summed E-state index contributed by atoms with van der Waals surface area (Å²) in [7, 11) is 0. The van der Waals surface area contributed by atoms with Crippen molar-refractivity contribution >= 4 is 23.4 Å². The number of hydrogen-bond donors (Lipinski definition) is 3. The number of aryl methyl sites for hydroxylation is 1. The van der Waals surface area contributed by atoms with Gasteiger partial charge in [0, 0.05) is 45.0 Å². The number of likely N-dealkylation sites (tertiary alicyclic amines) is 1. The highest BCUT2D eigenvalue weighted by molar-refractivity contribution is 5.76. The van der Waals surface area contributed by atoms with E-state index in [1.54, 1.807) is 4.90 Å². The minimum Gasteiger partial charge on any atom is -0.369 e. The maximum Gasteiger partial charge on any atom is 0.421 e. The first-order chi connectivity index (χ1) is 15.8. The van der Waals surface area contributed by atoms with Crippen LogP contribution in [0.4, 0.5) is 30.6 Å². The number of amides is 1. The van der Waals surface area contributed by atoms with Gasteiger partial charge in [0.15, 0.2) is 0 Å². The number of piperidine rings is 1. The summed E-state index contributed by atoms with van der Waals surface area (Å²) in [4.78, 5) is 21.6. The molecule has 3 N–H and O–H groups in total. The molecule has 0 bridgehead atoms. The van der Waals surface area contributed by atoms with Gasteiger partial charge in [-0.2, -0.15) is 23.3 Å². The molecule has 0 aliphatic carbocycles. The molecule has 180 valence electrons. The van der Waals surface area contributed by atoms with Gasteiger partial charge in [-0.05, 0) is 39.2 Å². The third-order valence-electron chi connectivity index (χ3n) is 5.98. The highest BCUT2D eigenvalue weighted by Gasteiger charge is 2.35. The molecule has 0 spiro atoms. The molecule has 4 heterocycles. The van der Waals surface area contributed by atoms with Crippen LogP contribution in [0.15, 0.2) is 12.4 Å². The van der Waals surface area contributed by atoms with E-state index >= 15 is 0 Å². The summed E-state index contributed by atoms with van der Waals surface area (Å²) in [5.41, 5.74) is 0.439. The molecule has 1 unspecified atom stereocenters. The number of nitrogens with one attached hydrogen (secondary N) is 3. The van der Waals surface area contributed by atoms with Crippen molar-refractivity contribution in [2.75, 3.05) is 43.4 Å².